The molecule has 0 spiro atoms. The number of anilines is 1. The molecule has 0 aliphatic carbocycles. The minimum absolute atomic E-state index is 0.0974. The van der Waals surface area contributed by atoms with E-state index in [1.807, 2.05) is 64.1 Å². The van der Waals surface area contributed by atoms with Gasteiger partial charge in [-0.1, -0.05) is 80.4 Å². The van der Waals surface area contributed by atoms with E-state index < -0.39 is 0 Å². The van der Waals surface area contributed by atoms with Crippen LogP contribution in [0.4, 0.5) is 5.69 Å². The molecule has 0 unspecified atom stereocenters. The third kappa shape index (κ3) is 11.2. The Bertz CT molecular complexity index is 1170. The highest BCUT2D eigenvalue weighted by atomic mass is 16.5. The molecule has 3 aromatic rings. The first kappa shape index (κ1) is 31.9. The van der Waals surface area contributed by atoms with E-state index in [-0.39, 0.29) is 5.91 Å². The molecule has 4 rings (SSSR count). The first-order valence-electron chi connectivity index (χ1n) is 14.2. The summed E-state index contributed by atoms with van der Waals surface area (Å²) in [5, 5.41) is 3.05. The number of nitrogens with zero attached hydrogens (tertiary/aromatic N) is 2. The fourth-order valence-electron chi connectivity index (χ4n) is 4.16. The number of allylic oxidation sites excluding steroid dienone is 1. The second-order valence-electron chi connectivity index (χ2n) is 9.66. The molecule has 0 saturated carbocycles. The Morgan fingerprint density at radius 1 is 1.00 bits per heavy atom. The maximum Gasteiger partial charge on any atom is 0.256 e. The number of nitrogens with one attached hydrogen (secondary N) is 1. The number of aryl methyl sites for hydroxylation is 3. The van der Waals surface area contributed by atoms with Crippen LogP contribution < -0.4 is 5.32 Å². The van der Waals surface area contributed by atoms with Gasteiger partial charge in [0, 0.05) is 42.3 Å². The minimum Gasteiger partial charge on any atom is -0.379 e. The number of hydrogen-bond acceptors (Lipinski definition) is 4. The van der Waals surface area contributed by atoms with Crippen LogP contribution in [-0.4, -0.2) is 48.6 Å². The van der Waals surface area contributed by atoms with Crippen LogP contribution in [0.1, 0.15) is 72.6 Å². The molecule has 5 nitrogen and oxygen atoms in total. The largest absolute Gasteiger partial charge is 0.379 e. The summed E-state index contributed by atoms with van der Waals surface area (Å²) in [6, 6.07) is 20.3. The van der Waals surface area contributed by atoms with E-state index in [1.165, 1.54) is 16.7 Å². The predicted octanol–water partition coefficient (Wildman–Crippen LogP) is 7.66. The summed E-state index contributed by atoms with van der Waals surface area (Å²) in [7, 11) is 0. The van der Waals surface area contributed by atoms with Gasteiger partial charge in [-0.3, -0.25) is 14.7 Å². The zero-order chi connectivity index (χ0) is 28.6. The lowest BCUT2D eigenvalue weighted by Crippen LogP contribution is -2.37. The number of aromatic nitrogens is 1. The van der Waals surface area contributed by atoms with Gasteiger partial charge in [-0.25, -0.2) is 0 Å². The molecular weight excluding hydrogens is 482 g/mol. The number of amides is 1. The van der Waals surface area contributed by atoms with Crippen molar-refractivity contribution in [1.29, 1.82) is 0 Å². The number of ether oxygens (including phenoxy) is 1. The third-order valence-corrected chi connectivity index (χ3v) is 6.54. The van der Waals surface area contributed by atoms with Crippen LogP contribution in [0.5, 0.6) is 0 Å². The topological polar surface area (TPSA) is 54.5 Å². The number of rotatable bonds is 7. The number of pyridine rings is 1. The summed E-state index contributed by atoms with van der Waals surface area (Å²) in [6.45, 7) is 18.9. The maximum atomic E-state index is 13.0. The molecular formula is C34H47N3O2. The highest BCUT2D eigenvalue weighted by Gasteiger charge is 2.15. The second kappa shape index (κ2) is 17.3. The van der Waals surface area contributed by atoms with Crippen molar-refractivity contribution in [2.24, 2.45) is 0 Å². The number of benzene rings is 2. The monoisotopic (exact) mass is 529 g/mol. The van der Waals surface area contributed by atoms with Crippen LogP contribution in [0.15, 0.2) is 66.2 Å². The number of morpholine rings is 1. The molecule has 1 N–H and O–H groups in total. The highest BCUT2D eigenvalue weighted by molar-refractivity contribution is 6.07. The summed E-state index contributed by atoms with van der Waals surface area (Å²) >= 11 is 0. The van der Waals surface area contributed by atoms with Gasteiger partial charge in [-0.15, -0.1) is 0 Å². The third-order valence-electron chi connectivity index (χ3n) is 6.54. The number of carbonyl (C=O) groups is 1. The van der Waals surface area contributed by atoms with E-state index in [1.54, 1.807) is 0 Å². The van der Waals surface area contributed by atoms with Gasteiger partial charge in [-0.05, 0) is 64.3 Å². The average Bonchev–Trinajstić information content (AvgIpc) is 2.96. The molecule has 2 heterocycles. The summed E-state index contributed by atoms with van der Waals surface area (Å²) < 4.78 is 5.40. The molecule has 1 aliphatic heterocycles. The van der Waals surface area contributed by atoms with Crippen molar-refractivity contribution < 1.29 is 9.53 Å². The van der Waals surface area contributed by atoms with Crippen molar-refractivity contribution in [3.05, 3.63) is 99.9 Å². The van der Waals surface area contributed by atoms with Crippen LogP contribution >= 0.6 is 0 Å². The summed E-state index contributed by atoms with van der Waals surface area (Å²) in [5.41, 5.74) is 7.93. The molecule has 1 aromatic heterocycles. The lowest BCUT2D eigenvalue weighted by molar-refractivity contribution is 0.0384. The highest BCUT2D eigenvalue weighted by Crippen LogP contribution is 2.21. The zero-order valence-electron chi connectivity index (χ0n) is 25.0. The van der Waals surface area contributed by atoms with E-state index in [0.717, 1.165) is 68.3 Å². The summed E-state index contributed by atoms with van der Waals surface area (Å²) in [6.07, 6.45) is 4.02. The lowest BCUT2D eigenvalue weighted by Gasteiger charge is -2.26. The first-order chi connectivity index (χ1) is 18.9. The van der Waals surface area contributed by atoms with Crippen LogP contribution in [0.25, 0.3) is 6.08 Å². The Kier molecular flexibility index (Phi) is 14.2. The Morgan fingerprint density at radius 3 is 2.21 bits per heavy atom. The molecule has 0 atom stereocenters. The van der Waals surface area contributed by atoms with E-state index >= 15 is 0 Å². The van der Waals surface area contributed by atoms with Crippen molar-refractivity contribution in [3.63, 3.8) is 0 Å². The zero-order valence-corrected chi connectivity index (χ0v) is 25.0. The standard InChI is InChI=1S/C25H33N3O2.C7H8.C2H6/c1-5-18(2)16-23-20(4)26-19(3)17-24(23)25(29)27-22-8-6-21(7-9-22)10-11-28-12-14-30-15-13-28;1-7-5-3-2-4-6-7;1-2/h6-9,16-17H,5,10-15H2,1-4H3,(H,27,29);2-6H,1H3;1-2H3/b18-16-;;. The van der Waals surface area contributed by atoms with Crippen molar-refractivity contribution in [3.8, 4) is 0 Å². The number of hydrogen-bond donors (Lipinski definition) is 1. The fraction of sp³-hybridized carbons (Fsp3) is 0.412. The number of carbonyl (C=O) groups excluding carboxylic acids is 1. The average molecular weight is 530 g/mol. The summed E-state index contributed by atoms with van der Waals surface area (Å²) in [4.78, 5) is 20.0. The Hall–Kier alpha value is -3.28. The minimum atomic E-state index is -0.0974. The van der Waals surface area contributed by atoms with Gasteiger partial charge in [-0.2, -0.15) is 0 Å². The van der Waals surface area contributed by atoms with Crippen LogP contribution in [-0.2, 0) is 11.2 Å². The van der Waals surface area contributed by atoms with Gasteiger partial charge in [0.05, 0.1) is 18.8 Å². The molecule has 5 heteroatoms. The normalized spacial score (nSPS) is 13.5. The van der Waals surface area contributed by atoms with Crippen LogP contribution in [0.3, 0.4) is 0 Å². The van der Waals surface area contributed by atoms with Gasteiger partial charge in [0.15, 0.2) is 0 Å². The molecule has 1 amide bonds. The molecule has 2 aromatic carbocycles. The second-order valence-corrected chi connectivity index (χ2v) is 9.66. The molecule has 210 valence electrons. The summed E-state index contributed by atoms with van der Waals surface area (Å²) in [5.74, 6) is -0.0974. The van der Waals surface area contributed by atoms with E-state index in [0.29, 0.717) is 5.56 Å². The Morgan fingerprint density at radius 2 is 1.64 bits per heavy atom. The Labute approximate surface area is 236 Å². The van der Waals surface area contributed by atoms with Crippen LogP contribution in [0.2, 0.25) is 0 Å². The molecule has 0 radical (unpaired) electrons. The molecule has 39 heavy (non-hydrogen) atoms. The van der Waals surface area contributed by atoms with Crippen molar-refractivity contribution in [2.45, 2.75) is 61.3 Å². The molecule has 1 fully saturated rings. The van der Waals surface area contributed by atoms with Crippen LogP contribution in [0, 0.1) is 20.8 Å². The van der Waals surface area contributed by atoms with E-state index in [4.69, 9.17) is 4.74 Å². The molecule has 1 saturated heterocycles. The van der Waals surface area contributed by atoms with Crippen molar-refractivity contribution in [1.82, 2.24) is 9.88 Å². The smallest absolute Gasteiger partial charge is 0.256 e. The SMILES string of the molecule is CC.CC/C(C)=C\c1c(C(=O)Nc2ccc(CCN3CCOCC3)cc2)cc(C)nc1C.Cc1ccccc1. The first-order valence-corrected chi connectivity index (χ1v) is 14.2. The van der Waals surface area contributed by atoms with Gasteiger partial charge in [0.2, 0.25) is 0 Å². The van der Waals surface area contributed by atoms with Gasteiger partial charge >= 0.3 is 0 Å². The van der Waals surface area contributed by atoms with Gasteiger partial charge in [0.1, 0.15) is 0 Å². The van der Waals surface area contributed by atoms with E-state index in [2.05, 4.69) is 66.3 Å². The Balaban J connectivity index is 0.000000507. The predicted molar refractivity (Wildman–Crippen MR) is 166 cm³/mol. The van der Waals surface area contributed by atoms with Gasteiger partial charge in [0.25, 0.3) is 5.91 Å². The maximum absolute atomic E-state index is 13.0. The van der Waals surface area contributed by atoms with Gasteiger partial charge < -0.3 is 10.1 Å². The van der Waals surface area contributed by atoms with Crippen molar-refractivity contribution >= 4 is 17.7 Å². The fourth-order valence-corrected chi connectivity index (χ4v) is 4.16. The lowest BCUT2D eigenvalue weighted by atomic mass is 10.0. The quantitative estimate of drug-likeness (QED) is 0.341. The molecule has 0 bridgehead atoms. The van der Waals surface area contributed by atoms with Crippen molar-refractivity contribution in [2.75, 3.05) is 38.2 Å². The van der Waals surface area contributed by atoms with E-state index in [9.17, 15) is 4.79 Å². The molecule has 1 aliphatic rings.